The Morgan fingerprint density at radius 1 is 1.36 bits per heavy atom. The first-order valence-electron chi connectivity index (χ1n) is 4.04. The lowest BCUT2D eigenvalue weighted by atomic mass is 9.86. The van der Waals surface area contributed by atoms with Crippen LogP contribution in [0.3, 0.4) is 0 Å². The Kier molecular flexibility index (Phi) is 4.60. The fraction of sp³-hybridized carbons (Fsp3) is 0.455. The molecule has 0 aromatic heterocycles. The largest absolute Gasteiger partial charge is 0.103 e. The van der Waals surface area contributed by atoms with Crippen molar-refractivity contribution in [2.45, 2.75) is 27.2 Å². The van der Waals surface area contributed by atoms with Crippen molar-refractivity contribution in [3.05, 3.63) is 37.0 Å². The summed E-state index contributed by atoms with van der Waals surface area (Å²) in [6.45, 7) is 9.74. The van der Waals surface area contributed by atoms with Crippen molar-refractivity contribution in [3.8, 4) is 0 Å². The Bertz CT molecular complexity index is 159. The topological polar surface area (TPSA) is 0 Å². The van der Waals surface area contributed by atoms with E-state index in [0.717, 1.165) is 0 Å². The van der Waals surface area contributed by atoms with E-state index < -0.39 is 0 Å². The van der Waals surface area contributed by atoms with E-state index in [-0.39, 0.29) is 0 Å². The molecule has 1 aliphatic rings. The zero-order chi connectivity index (χ0) is 8.74. The Balaban J connectivity index is 0.000000292. The highest BCUT2D eigenvalue weighted by molar-refractivity contribution is 5.13. The third kappa shape index (κ3) is 5.65. The van der Waals surface area contributed by atoms with Crippen molar-refractivity contribution in [1.29, 1.82) is 0 Å². The second-order valence-corrected chi connectivity index (χ2v) is 3.39. The Hall–Kier alpha value is -0.780. The number of hydrogen-bond donors (Lipinski definition) is 0. The quantitative estimate of drug-likeness (QED) is 0.462. The van der Waals surface area contributed by atoms with E-state index in [1.165, 1.54) is 6.42 Å². The van der Waals surface area contributed by atoms with Crippen LogP contribution in [0.5, 0.6) is 0 Å². The Morgan fingerprint density at radius 2 is 1.91 bits per heavy atom. The van der Waals surface area contributed by atoms with Crippen LogP contribution >= 0.6 is 0 Å². The van der Waals surface area contributed by atoms with Crippen LogP contribution in [0.15, 0.2) is 37.0 Å². The molecule has 0 spiro atoms. The molecule has 1 rings (SSSR count). The molecule has 0 amide bonds. The predicted molar refractivity (Wildman–Crippen MR) is 52.5 cm³/mol. The van der Waals surface area contributed by atoms with E-state index in [2.05, 4.69) is 44.7 Å². The van der Waals surface area contributed by atoms with Crippen LogP contribution in [0.1, 0.15) is 27.2 Å². The van der Waals surface area contributed by atoms with Gasteiger partial charge >= 0.3 is 0 Å². The van der Waals surface area contributed by atoms with Crippen LogP contribution in [-0.4, -0.2) is 0 Å². The molecule has 0 unspecified atom stereocenters. The molecule has 0 radical (unpaired) electrons. The van der Waals surface area contributed by atoms with E-state index >= 15 is 0 Å². The molecule has 0 aromatic carbocycles. The molecular formula is C11H18. The van der Waals surface area contributed by atoms with Gasteiger partial charge in [-0.2, -0.15) is 0 Å². The van der Waals surface area contributed by atoms with Gasteiger partial charge in [0.25, 0.3) is 0 Å². The molecule has 0 fully saturated rings. The smallest absolute Gasteiger partial charge is 0.0137 e. The first-order valence-corrected chi connectivity index (χ1v) is 4.04. The van der Waals surface area contributed by atoms with Gasteiger partial charge in [-0.1, -0.05) is 44.2 Å². The van der Waals surface area contributed by atoms with E-state index in [0.29, 0.717) is 5.41 Å². The maximum absolute atomic E-state index is 3.36. The van der Waals surface area contributed by atoms with Crippen LogP contribution in [0.2, 0.25) is 0 Å². The average Bonchev–Trinajstić information content (AvgIpc) is 1.88. The van der Waals surface area contributed by atoms with E-state index in [1.807, 2.05) is 6.92 Å². The highest BCUT2D eigenvalue weighted by Crippen LogP contribution is 2.24. The van der Waals surface area contributed by atoms with Crippen LogP contribution in [0, 0.1) is 5.41 Å². The molecule has 0 atom stereocenters. The number of hydrogen-bond acceptors (Lipinski definition) is 0. The van der Waals surface area contributed by atoms with Gasteiger partial charge in [-0.15, -0.1) is 6.58 Å². The summed E-state index contributed by atoms with van der Waals surface area (Å²) in [5, 5.41) is 0. The van der Waals surface area contributed by atoms with Gasteiger partial charge in [0.2, 0.25) is 0 Å². The first-order chi connectivity index (χ1) is 5.12. The molecule has 0 aromatic rings. The van der Waals surface area contributed by atoms with Crippen molar-refractivity contribution in [3.63, 3.8) is 0 Å². The second kappa shape index (κ2) is 4.95. The first kappa shape index (κ1) is 10.2. The van der Waals surface area contributed by atoms with Crippen LogP contribution in [0.4, 0.5) is 0 Å². The molecule has 0 heteroatoms. The molecule has 1 aliphatic carbocycles. The number of allylic oxidation sites excluding steroid dienone is 5. The van der Waals surface area contributed by atoms with Crippen molar-refractivity contribution in [2.24, 2.45) is 5.41 Å². The van der Waals surface area contributed by atoms with Crippen LogP contribution < -0.4 is 0 Å². The van der Waals surface area contributed by atoms with Gasteiger partial charge < -0.3 is 0 Å². The van der Waals surface area contributed by atoms with Gasteiger partial charge in [-0.25, -0.2) is 0 Å². The SMILES string of the molecule is C=CC.CC1(C)C=CC=CC1. The maximum atomic E-state index is 3.36. The minimum Gasteiger partial charge on any atom is -0.103 e. The summed E-state index contributed by atoms with van der Waals surface area (Å²) in [6.07, 6.45) is 11.6. The van der Waals surface area contributed by atoms with Crippen molar-refractivity contribution < 1.29 is 0 Å². The monoisotopic (exact) mass is 150 g/mol. The van der Waals surface area contributed by atoms with E-state index in [4.69, 9.17) is 0 Å². The Morgan fingerprint density at radius 3 is 2.09 bits per heavy atom. The van der Waals surface area contributed by atoms with Gasteiger partial charge in [0, 0.05) is 0 Å². The summed E-state index contributed by atoms with van der Waals surface area (Å²) in [4.78, 5) is 0. The van der Waals surface area contributed by atoms with Crippen molar-refractivity contribution >= 4 is 0 Å². The van der Waals surface area contributed by atoms with Crippen LogP contribution in [0.25, 0.3) is 0 Å². The van der Waals surface area contributed by atoms with E-state index in [1.54, 1.807) is 6.08 Å². The Labute approximate surface area is 70.3 Å². The molecule has 0 aliphatic heterocycles. The molecule has 0 bridgehead atoms. The van der Waals surface area contributed by atoms with Crippen molar-refractivity contribution in [2.75, 3.05) is 0 Å². The summed E-state index contributed by atoms with van der Waals surface area (Å²) >= 11 is 0. The minimum absolute atomic E-state index is 0.411. The molecule has 0 heterocycles. The highest BCUT2D eigenvalue weighted by Gasteiger charge is 2.11. The highest BCUT2D eigenvalue weighted by atomic mass is 14.2. The fourth-order valence-corrected chi connectivity index (χ4v) is 0.834. The lowest BCUT2D eigenvalue weighted by Crippen LogP contribution is -2.06. The molecule has 0 saturated carbocycles. The lowest BCUT2D eigenvalue weighted by Gasteiger charge is -2.19. The summed E-state index contributed by atoms with van der Waals surface area (Å²) in [5.41, 5.74) is 0.411. The second-order valence-electron chi connectivity index (χ2n) is 3.39. The van der Waals surface area contributed by atoms with Gasteiger partial charge in [0.1, 0.15) is 0 Å². The third-order valence-electron chi connectivity index (χ3n) is 1.44. The number of rotatable bonds is 0. The standard InChI is InChI=1S/C8H12.C3H6/c1-8(2)6-4-3-5-7-8;1-3-2/h3-6H,7H2,1-2H3;3H,1H2,2H3. The van der Waals surface area contributed by atoms with Gasteiger partial charge in [0.15, 0.2) is 0 Å². The third-order valence-corrected chi connectivity index (χ3v) is 1.44. The van der Waals surface area contributed by atoms with Gasteiger partial charge in [0.05, 0.1) is 0 Å². The van der Waals surface area contributed by atoms with Crippen LogP contribution in [-0.2, 0) is 0 Å². The zero-order valence-electron chi connectivity index (χ0n) is 7.80. The van der Waals surface area contributed by atoms with Crippen molar-refractivity contribution in [1.82, 2.24) is 0 Å². The molecule has 0 saturated heterocycles. The fourth-order valence-electron chi connectivity index (χ4n) is 0.834. The normalized spacial score (nSPS) is 18.5. The molecular weight excluding hydrogens is 132 g/mol. The summed E-state index contributed by atoms with van der Waals surface area (Å²) in [5.74, 6) is 0. The summed E-state index contributed by atoms with van der Waals surface area (Å²) < 4.78 is 0. The molecule has 62 valence electrons. The summed E-state index contributed by atoms with van der Waals surface area (Å²) in [6, 6.07) is 0. The maximum Gasteiger partial charge on any atom is -0.0137 e. The zero-order valence-corrected chi connectivity index (χ0v) is 7.80. The summed E-state index contributed by atoms with van der Waals surface area (Å²) in [7, 11) is 0. The molecule has 0 N–H and O–H groups in total. The molecule has 0 nitrogen and oxygen atoms in total. The van der Waals surface area contributed by atoms with Gasteiger partial charge in [-0.05, 0) is 18.8 Å². The average molecular weight is 150 g/mol. The predicted octanol–water partition coefficient (Wildman–Crippen LogP) is 3.72. The minimum atomic E-state index is 0.411. The van der Waals surface area contributed by atoms with Gasteiger partial charge in [-0.3, -0.25) is 0 Å². The molecule has 11 heavy (non-hydrogen) atoms. The lowest BCUT2D eigenvalue weighted by molar-refractivity contribution is 0.484. The van der Waals surface area contributed by atoms with E-state index in [9.17, 15) is 0 Å².